The molecule has 1 aromatic carbocycles. The Morgan fingerprint density at radius 1 is 1.11 bits per heavy atom. The first kappa shape index (κ1) is 17.3. The van der Waals surface area contributed by atoms with E-state index in [0.717, 1.165) is 5.56 Å². The van der Waals surface area contributed by atoms with E-state index in [-0.39, 0.29) is 15.5 Å². The van der Waals surface area contributed by atoms with E-state index >= 15 is 0 Å². The SMILES string of the molecule is Cn1c(C(=O)O)cc2c1-c1[nH]c(=O)c(S(=O)(=O)c3ccccc3)cc1CC2. The molecule has 138 valence electrons. The van der Waals surface area contributed by atoms with Crippen LogP contribution in [0.3, 0.4) is 0 Å². The molecular formula is C19H16N2O5S. The predicted molar refractivity (Wildman–Crippen MR) is 97.7 cm³/mol. The van der Waals surface area contributed by atoms with Crippen LogP contribution in [-0.2, 0) is 29.7 Å². The molecular weight excluding hydrogens is 368 g/mol. The first-order chi connectivity index (χ1) is 12.8. The summed E-state index contributed by atoms with van der Waals surface area (Å²) in [5, 5.41) is 9.32. The number of H-pyrrole nitrogens is 1. The van der Waals surface area contributed by atoms with Gasteiger partial charge in [0.2, 0.25) is 9.84 Å². The van der Waals surface area contributed by atoms with Gasteiger partial charge in [0.25, 0.3) is 5.56 Å². The lowest BCUT2D eigenvalue weighted by molar-refractivity contribution is 0.0686. The van der Waals surface area contributed by atoms with E-state index < -0.39 is 21.4 Å². The minimum absolute atomic E-state index is 0.0546. The number of carboxylic acid groups (broad SMARTS) is 1. The second kappa shape index (κ2) is 5.95. The molecule has 0 saturated heterocycles. The zero-order valence-electron chi connectivity index (χ0n) is 14.4. The molecule has 0 atom stereocenters. The van der Waals surface area contributed by atoms with Crippen LogP contribution < -0.4 is 5.56 Å². The molecule has 1 aliphatic carbocycles. The number of aromatic amines is 1. The summed E-state index contributed by atoms with van der Waals surface area (Å²) in [4.78, 5) is 26.4. The monoisotopic (exact) mass is 384 g/mol. The molecule has 2 N–H and O–H groups in total. The normalized spacial score (nSPS) is 13.1. The summed E-state index contributed by atoms with van der Waals surface area (Å²) in [6, 6.07) is 10.8. The zero-order chi connectivity index (χ0) is 19.3. The first-order valence-corrected chi connectivity index (χ1v) is 9.77. The van der Waals surface area contributed by atoms with Crippen LogP contribution in [0.15, 0.2) is 57.1 Å². The van der Waals surface area contributed by atoms with E-state index in [1.165, 1.54) is 22.8 Å². The van der Waals surface area contributed by atoms with Gasteiger partial charge in [-0.05, 0) is 48.2 Å². The van der Waals surface area contributed by atoms with Crippen LogP contribution in [0.5, 0.6) is 0 Å². The third kappa shape index (κ3) is 2.60. The van der Waals surface area contributed by atoms with Crippen molar-refractivity contribution in [3.8, 4) is 11.4 Å². The van der Waals surface area contributed by atoms with Crippen molar-refractivity contribution in [1.82, 2.24) is 9.55 Å². The minimum atomic E-state index is -3.94. The van der Waals surface area contributed by atoms with Crippen LogP contribution >= 0.6 is 0 Å². The van der Waals surface area contributed by atoms with Crippen LogP contribution in [0.1, 0.15) is 21.6 Å². The largest absolute Gasteiger partial charge is 0.477 e. The fourth-order valence-corrected chi connectivity index (χ4v) is 4.91. The molecule has 4 rings (SSSR count). The molecule has 0 saturated carbocycles. The van der Waals surface area contributed by atoms with Gasteiger partial charge in [-0.25, -0.2) is 13.2 Å². The molecule has 0 radical (unpaired) electrons. The molecule has 0 spiro atoms. The maximum Gasteiger partial charge on any atom is 0.352 e. The third-order valence-corrected chi connectivity index (χ3v) is 6.64. The Morgan fingerprint density at radius 2 is 1.78 bits per heavy atom. The smallest absolute Gasteiger partial charge is 0.352 e. The van der Waals surface area contributed by atoms with Gasteiger partial charge in [-0.3, -0.25) is 4.79 Å². The van der Waals surface area contributed by atoms with E-state index in [4.69, 9.17) is 0 Å². The van der Waals surface area contributed by atoms with Gasteiger partial charge in [0, 0.05) is 7.05 Å². The van der Waals surface area contributed by atoms with E-state index in [2.05, 4.69) is 4.98 Å². The molecule has 0 unspecified atom stereocenters. The minimum Gasteiger partial charge on any atom is -0.477 e. The third-order valence-electron chi connectivity index (χ3n) is 4.86. The molecule has 0 aliphatic heterocycles. The van der Waals surface area contributed by atoms with Crippen LogP contribution in [0, 0.1) is 0 Å². The average Bonchev–Trinajstić information content (AvgIpc) is 2.99. The number of pyridine rings is 1. The fraction of sp³-hybridized carbons (Fsp3) is 0.158. The molecule has 1 aliphatic rings. The van der Waals surface area contributed by atoms with Crippen molar-refractivity contribution < 1.29 is 18.3 Å². The highest BCUT2D eigenvalue weighted by Gasteiger charge is 2.28. The Hall–Kier alpha value is -3.13. The van der Waals surface area contributed by atoms with Crippen molar-refractivity contribution in [2.75, 3.05) is 0 Å². The van der Waals surface area contributed by atoms with Gasteiger partial charge in [-0.2, -0.15) is 0 Å². The molecule has 7 nitrogen and oxygen atoms in total. The van der Waals surface area contributed by atoms with E-state index in [1.54, 1.807) is 31.3 Å². The second-order valence-corrected chi connectivity index (χ2v) is 8.37. The van der Waals surface area contributed by atoms with E-state index in [9.17, 15) is 23.1 Å². The number of benzene rings is 1. The molecule has 2 heterocycles. The number of sulfone groups is 1. The average molecular weight is 384 g/mol. The number of fused-ring (bicyclic) bond motifs is 3. The van der Waals surface area contributed by atoms with Gasteiger partial charge in [-0.1, -0.05) is 18.2 Å². The Bertz CT molecular complexity index is 1240. The number of carbonyl (C=O) groups is 1. The Labute approximate surface area is 154 Å². The zero-order valence-corrected chi connectivity index (χ0v) is 15.2. The number of rotatable bonds is 3. The Kier molecular flexibility index (Phi) is 3.81. The second-order valence-electron chi connectivity index (χ2n) is 6.45. The molecule has 27 heavy (non-hydrogen) atoms. The van der Waals surface area contributed by atoms with Crippen molar-refractivity contribution >= 4 is 15.8 Å². The summed E-state index contributed by atoms with van der Waals surface area (Å²) >= 11 is 0. The van der Waals surface area contributed by atoms with Crippen molar-refractivity contribution in [3.63, 3.8) is 0 Å². The number of hydrogen-bond acceptors (Lipinski definition) is 4. The van der Waals surface area contributed by atoms with Crippen LogP contribution in [-0.4, -0.2) is 29.0 Å². The topological polar surface area (TPSA) is 109 Å². The highest BCUT2D eigenvalue weighted by atomic mass is 32.2. The lowest BCUT2D eigenvalue weighted by Crippen LogP contribution is -2.22. The lowest BCUT2D eigenvalue weighted by Gasteiger charge is -2.19. The lowest BCUT2D eigenvalue weighted by atomic mass is 9.94. The summed E-state index contributed by atoms with van der Waals surface area (Å²) in [7, 11) is -2.33. The Balaban J connectivity index is 1.92. The van der Waals surface area contributed by atoms with Gasteiger partial charge in [0.05, 0.1) is 16.3 Å². The summed E-state index contributed by atoms with van der Waals surface area (Å²) < 4.78 is 27.2. The number of nitrogens with zero attached hydrogens (tertiary/aromatic N) is 1. The van der Waals surface area contributed by atoms with Gasteiger partial charge < -0.3 is 14.7 Å². The highest BCUT2D eigenvalue weighted by Crippen LogP contribution is 2.34. The van der Waals surface area contributed by atoms with Crippen LogP contribution in [0.4, 0.5) is 0 Å². The summed E-state index contributed by atoms with van der Waals surface area (Å²) in [6.45, 7) is 0. The van der Waals surface area contributed by atoms with Crippen molar-refractivity contribution in [2.45, 2.75) is 22.6 Å². The fourth-order valence-electron chi connectivity index (χ4n) is 3.55. The van der Waals surface area contributed by atoms with E-state index in [1.807, 2.05) is 0 Å². The number of aromatic carboxylic acids is 1. The number of nitrogens with one attached hydrogen (secondary N) is 1. The summed E-state index contributed by atoms with van der Waals surface area (Å²) in [5.74, 6) is -1.06. The highest BCUT2D eigenvalue weighted by molar-refractivity contribution is 7.91. The van der Waals surface area contributed by atoms with Gasteiger partial charge in [-0.15, -0.1) is 0 Å². The number of aryl methyl sites for hydroxylation is 2. The van der Waals surface area contributed by atoms with Crippen molar-refractivity contribution in [1.29, 1.82) is 0 Å². The molecule has 8 heteroatoms. The van der Waals surface area contributed by atoms with Crippen molar-refractivity contribution in [2.24, 2.45) is 7.05 Å². The van der Waals surface area contributed by atoms with Gasteiger partial charge in [0.15, 0.2) is 0 Å². The predicted octanol–water partition coefficient (Wildman–Crippen LogP) is 2.01. The molecule has 3 aromatic rings. The maximum absolute atomic E-state index is 12.8. The molecule has 0 bridgehead atoms. The Morgan fingerprint density at radius 3 is 2.44 bits per heavy atom. The molecule has 0 fully saturated rings. The van der Waals surface area contributed by atoms with E-state index in [0.29, 0.717) is 29.8 Å². The van der Waals surface area contributed by atoms with Gasteiger partial charge in [0.1, 0.15) is 10.6 Å². The van der Waals surface area contributed by atoms with Gasteiger partial charge >= 0.3 is 5.97 Å². The maximum atomic E-state index is 12.8. The number of hydrogen-bond donors (Lipinski definition) is 2. The molecule has 2 aromatic heterocycles. The van der Waals surface area contributed by atoms with Crippen LogP contribution in [0.2, 0.25) is 0 Å². The van der Waals surface area contributed by atoms with Crippen molar-refractivity contribution in [3.05, 3.63) is 69.6 Å². The summed E-state index contributed by atoms with van der Waals surface area (Å²) in [6.07, 6.45) is 1.08. The number of aromatic nitrogens is 2. The number of carboxylic acids is 1. The van der Waals surface area contributed by atoms with Crippen LogP contribution in [0.25, 0.3) is 11.4 Å². The standard InChI is InChI=1S/C19H16N2O5S/c1-21-14(19(23)24)9-12-8-7-11-10-15(18(22)20-16(11)17(12)21)27(25,26)13-5-3-2-4-6-13/h2-6,9-10H,7-8H2,1H3,(H,20,22)(H,23,24). The molecule has 0 amide bonds. The first-order valence-electron chi connectivity index (χ1n) is 8.29. The summed E-state index contributed by atoms with van der Waals surface area (Å²) in [5.41, 5.74) is 1.97. The quantitative estimate of drug-likeness (QED) is 0.718.